The summed E-state index contributed by atoms with van der Waals surface area (Å²) < 4.78 is 2.03. The Hall–Kier alpha value is -1.91. The smallest absolute Gasteiger partial charge is 0.105 e. The van der Waals surface area contributed by atoms with Gasteiger partial charge in [-0.15, -0.1) is 12.4 Å². The molecule has 0 saturated carbocycles. The molecule has 0 aliphatic heterocycles. The van der Waals surface area contributed by atoms with Crippen LogP contribution in [-0.2, 0) is 6.54 Å². The molecule has 0 radical (unpaired) electrons. The summed E-state index contributed by atoms with van der Waals surface area (Å²) in [7, 11) is 0. The Morgan fingerprint density at radius 1 is 1.19 bits per heavy atom. The van der Waals surface area contributed by atoms with Gasteiger partial charge in [-0.3, -0.25) is 0 Å². The van der Waals surface area contributed by atoms with Crippen molar-refractivity contribution in [1.82, 2.24) is 19.7 Å². The van der Waals surface area contributed by atoms with Crippen LogP contribution in [0.3, 0.4) is 0 Å². The molecule has 3 rings (SSSR count). The molecule has 2 heterocycles. The van der Waals surface area contributed by atoms with Crippen molar-refractivity contribution in [2.45, 2.75) is 13.5 Å². The lowest BCUT2D eigenvalue weighted by atomic mass is 10.1. The number of halogens is 2. The molecule has 3 aromatic rings. The molecule has 2 aromatic heterocycles. The summed E-state index contributed by atoms with van der Waals surface area (Å²) in [5.74, 6) is 0.958. The van der Waals surface area contributed by atoms with Crippen LogP contribution in [0.5, 0.6) is 0 Å². The van der Waals surface area contributed by atoms with E-state index in [1.165, 1.54) is 0 Å². The SMILES string of the molecule is Cc1nccn1Cc1cc(-c2cccc(Cl)c2)cnn1.Cl. The van der Waals surface area contributed by atoms with Crippen molar-refractivity contribution in [3.05, 3.63) is 65.5 Å². The largest absolute Gasteiger partial charge is 0.329 e. The Bertz CT molecular complexity index is 740. The van der Waals surface area contributed by atoms with Crippen LogP contribution in [-0.4, -0.2) is 19.7 Å². The molecule has 0 amide bonds. The molecule has 0 aliphatic carbocycles. The second kappa shape index (κ2) is 6.70. The van der Waals surface area contributed by atoms with Crippen molar-refractivity contribution >= 4 is 24.0 Å². The standard InChI is InChI=1S/C15H13ClN4.ClH/c1-11-17-5-6-20(11)10-15-8-13(9-18-19-15)12-3-2-4-14(16)7-12;/h2-9H,10H2,1H3;1H. The number of rotatable bonds is 3. The van der Waals surface area contributed by atoms with E-state index in [0.717, 1.165) is 22.6 Å². The molecule has 0 atom stereocenters. The van der Waals surface area contributed by atoms with Crippen molar-refractivity contribution < 1.29 is 0 Å². The van der Waals surface area contributed by atoms with Crippen LogP contribution >= 0.6 is 24.0 Å². The van der Waals surface area contributed by atoms with Gasteiger partial charge >= 0.3 is 0 Å². The zero-order valence-electron chi connectivity index (χ0n) is 11.4. The first-order chi connectivity index (χ1) is 9.72. The van der Waals surface area contributed by atoms with Crippen LogP contribution < -0.4 is 0 Å². The molecule has 0 N–H and O–H groups in total. The van der Waals surface area contributed by atoms with E-state index in [4.69, 9.17) is 11.6 Å². The maximum absolute atomic E-state index is 6.02. The van der Waals surface area contributed by atoms with E-state index in [1.807, 2.05) is 48.0 Å². The van der Waals surface area contributed by atoms with Gasteiger partial charge in [0.2, 0.25) is 0 Å². The number of hydrogen-bond acceptors (Lipinski definition) is 3. The maximum atomic E-state index is 6.02. The molecular formula is C15H14Cl2N4. The minimum Gasteiger partial charge on any atom is -0.329 e. The first-order valence-corrected chi connectivity index (χ1v) is 6.65. The lowest BCUT2D eigenvalue weighted by molar-refractivity contribution is 0.727. The Morgan fingerprint density at radius 3 is 2.76 bits per heavy atom. The molecule has 0 saturated heterocycles. The van der Waals surface area contributed by atoms with Crippen molar-refractivity contribution in [3.8, 4) is 11.1 Å². The molecule has 4 nitrogen and oxygen atoms in total. The number of hydrogen-bond donors (Lipinski definition) is 0. The molecule has 0 fully saturated rings. The average Bonchev–Trinajstić information content (AvgIpc) is 2.85. The van der Waals surface area contributed by atoms with E-state index in [1.54, 1.807) is 12.4 Å². The molecular weight excluding hydrogens is 307 g/mol. The van der Waals surface area contributed by atoms with Gasteiger partial charge in [0.05, 0.1) is 18.4 Å². The molecule has 6 heteroatoms. The van der Waals surface area contributed by atoms with Gasteiger partial charge in [-0.2, -0.15) is 10.2 Å². The highest BCUT2D eigenvalue weighted by molar-refractivity contribution is 6.30. The summed E-state index contributed by atoms with van der Waals surface area (Å²) in [5.41, 5.74) is 2.94. The quantitative estimate of drug-likeness (QED) is 0.737. The zero-order chi connectivity index (χ0) is 13.9. The molecule has 108 valence electrons. The van der Waals surface area contributed by atoms with Crippen LogP contribution in [0.25, 0.3) is 11.1 Å². The van der Waals surface area contributed by atoms with E-state index in [2.05, 4.69) is 15.2 Å². The van der Waals surface area contributed by atoms with Gasteiger partial charge in [0.1, 0.15) is 5.82 Å². The molecule has 1 aromatic carbocycles. The first-order valence-electron chi connectivity index (χ1n) is 6.27. The van der Waals surface area contributed by atoms with Crippen molar-refractivity contribution in [2.75, 3.05) is 0 Å². The summed E-state index contributed by atoms with van der Waals surface area (Å²) in [6.45, 7) is 2.63. The molecule has 21 heavy (non-hydrogen) atoms. The monoisotopic (exact) mass is 320 g/mol. The van der Waals surface area contributed by atoms with Gasteiger partial charge in [-0.25, -0.2) is 4.98 Å². The summed E-state index contributed by atoms with van der Waals surface area (Å²) >= 11 is 6.02. The lowest BCUT2D eigenvalue weighted by Gasteiger charge is -2.06. The third kappa shape index (κ3) is 3.60. The topological polar surface area (TPSA) is 43.6 Å². The Balaban J connectivity index is 0.00000161. The third-order valence-electron chi connectivity index (χ3n) is 3.12. The van der Waals surface area contributed by atoms with Crippen LogP contribution in [0.15, 0.2) is 48.9 Å². The van der Waals surface area contributed by atoms with Gasteiger partial charge in [-0.05, 0) is 30.7 Å². The lowest BCUT2D eigenvalue weighted by Crippen LogP contribution is -2.04. The molecule has 0 unspecified atom stereocenters. The number of benzene rings is 1. The highest BCUT2D eigenvalue weighted by atomic mass is 35.5. The summed E-state index contributed by atoms with van der Waals surface area (Å²) in [6.07, 6.45) is 5.46. The third-order valence-corrected chi connectivity index (χ3v) is 3.35. The highest BCUT2D eigenvalue weighted by Crippen LogP contribution is 2.22. The van der Waals surface area contributed by atoms with Crippen LogP contribution in [0.2, 0.25) is 5.02 Å². The van der Waals surface area contributed by atoms with Crippen molar-refractivity contribution in [2.24, 2.45) is 0 Å². The van der Waals surface area contributed by atoms with Crippen molar-refractivity contribution in [1.29, 1.82) is 0 Å². The minimum absolute atomic E-state index is 0. The Kier molecular flexibility index (Phi) is 4.94. The van der Waals surface area contributed by atoms with Gasteiger partial charge in [0.15, 0.2) is 0 Å². The Morgan fingerprint density at radius 2 is 2.05 bits per heavy atom. The van der Waals surface area contributed by atoms with Crippen LogP contribution in [0, 0.1) is 6.92 Å². The van der Waals surface area contributed by atoms with E-state index in [0.29, 0.717) is 11.6 Å². The second-order valence-electron chi connectivity index (χ2n) is 4.55. The Labute approximate surface area is 134 Å². The highest BCUT2D eigenvalue weighted by Gasteiger charge is 2.04. The van der Waals surface area contributed by atoms with E-state index in [-0.39, 0.29) is 12.4 Å². The van der Waals surface area contributed by atoms with E-state index in [9.17, 15) is 0 Å². The predicted octanol–water partition coefficient (Wildman–Crippen LogP) is 3.77. The number of aromatic nitrogens is 4. The summed E-state index contributed by atoms with van der Waals surface area (Å²) in [6, 6.07) is 9.74. The van der Waals surface area contributed by atoms with Gasteiger partial charge in [-0.1, -0.05) is 23.7 Å². The number of aryl methyl sites for hydroxylation is 1. The average molecular weight is 321 g/mol. The zero-order valence-corrected chi connectivity index (χ0v) is 13.0. The van der Waals surface area contributed by atoms with Crippen LogP contribution in [0.1, 0.15) is 11.5 Å². The first kappa shape index (κ1) is 15.5. The summed E-state index contributed by atoms with van der Waals surface area (Å²) in [4.78, 5) is 4.20. The van der Waals surface area contributed by atoms with E-state index >= 15 is 0 Å². The maximum Gasteiger partial charge on any atom is 0.105 e. The predicted molar refractivity (Wildman–Crippen MR) is 85.8 cm³/mol. The van der Waals surface area contributed by atoms with Crippen molar-refractivity contribution in [3.63, 3.8) is 0 Å². The minimum atomic E-state index is 0. The number of imidazole rings is 1. The molecule has 0 aliphatic rings. The fraction of sp³-hybridized carbons (Fsp3) is 0.133. The number of nitrogens with zero attached hydrogens (tertiary/aromatic N) is 4. The van der Waals surface area contributed by atoms with Gasteiger partial charge in [0.25, 0.3) is 0 Å². The normalized spacial score (nSPS) is 10.2. The summed E-state index contributed by atoms with van der Waals surface area (Å²) in [5, 5.41) is 8.96. The molecule has 0 spiro atoms. The fourth-order valence-electron chi connectivity index (χ4n) is 2.06. The van der Waals surface area contributed by atoms with Crippen LogP contribution in [0.4, 0.5) is 0 Å². The van der Waals surface area contributed by atoms with E-state index < -0.39 is 0 Å². The molecule has 0 bridgehead atoms. The van der Waals surface area contributed by atoms with Gasteiger partial charge in [0, 0.05) is 23.0 Å². The van der Waals surface area contributed by atoms with Gasteiger partial charge < -0.3 is 4.57 Å². The second-order valence-corrected chi connectivity index (χ2v) is 4.98. The fourth-order valence-corrected chi connectivity index (χ4v) is 2.25.